The predicted octanol–water partition coefficient (Wildman–Crippen LogP) is 3.95. The van der Waals surface area contributed by atoms with E-state index in [-0.39, 0.29) is 5.92 Å². The van der Waals surface area contributed by atoms with Crippen molar-refractivity contribution in [3.8, 4) is 0 Å². The average Bonchev–Trinajstić information content (AvgIpc) is 2.26. The average molecular weight is 226 g/mol. The molecule has 0 radical (unpaired) electrons. The van der Waals surface area contributed by atoms with Gasteiger partial charge in [-0.1, -0.05) is 33.6 Å². The van der Waals surface area contributed by atoms with Crippen molar-refractivity contribution < 1.29 is 9.90 Å². The van der Waals surface area contributed by atoms with Crippen molar-refractivity contribution in [2.24, 2.45) is 23.7 Å². The van der Waals surface area contributed by atoms with E-state index in [1.165, 1.54) is 25.7 Å². The van der Waals surface area contributed by atoms with E-state index in [0.717, 1.165) is 30.6 Å². The highest BCUT2D eigenvalue weighted by Crippen LogP contribution is 2.35. The van der Waals surface area contributed by atoms with E-state index in [1.807, 2.05) is 6.92 Å². The molecule has 1 fully saturated rings. The van der Waals surface area contributed by atoms with Crippen LogP contribution in [-0.4, -0.2) is 11.1 Å². The highest BCUT2D eigenvalue weighted by molar-refractivity contribution is 5.69. The molecule has 0 bridgehead atoms. The first kappa shape index (κ1) is 13.5. The van der Waals surface area contributed by atoms with Gasteiger partial charge in [-0.15, -0.1) is 0 Å². The Hall–Kier alpha value is -0.530. The standard InChI is InChI=1S/C14H26O2/c1-10(2)13-8-6-12(7-9-13)5-4-11(3)14(15)16/h10-13H,4-9H2,1-3H3,(H,15,16). The van der Waals surface area contributed by atoms with Crippen LogP contribution in [-0.2, 0) is 4.79 Å². The molecule has 0 saturated heterocycles. The minimum absolute atomic E-state index is 0.164. The quantitative estimate of drug-likeness (QED) is 0.770. The molecule has 0 amide bonds. The molecular weight excluding hydrogens is 200 g/mol. The van der Waals surface area contributed by atoms with Crippen molar-refractivity contribution in [2.75, 3.05) is 0 Å². The van der Waals surface area contributed by atoms with Crippen LogP contribution < -0.4 is 0 Å². The van der Waals surface area contributed by atoms with E-state index in [1.54, 1.807) is 0 Å². The van der Waals surface area contributed by atoms with Crippen LogP contribution in [0.4, 0.5) is 0 Å². The van der Waals surface area contributed by atoms with Gasteiger partial charge in [-0.2, -0.15) is 0 Å². The van der Waals surface area contributed by atoms with Gasteiger partial charge in [0.1, 0.15) is 0 Å². The van der Waals surface area contributed by atoms with Gasteiger partial charge in [0.2, 0.25) is 0 Å². The SMILES string of the molecule is CC(CCC1CCC(C(C)C)CC1)C(=O)O. The molecule has 1 aliphatic carbocycles. The first-order valence-corrected chi connectivity index (χ1v) is 6.73. The van der Waals surface area contributed by atoms with Gasteiger partial charge in [-0.05, 0) is 43.4 Å². The van der Waals surface area contributed by atoms with E-state index in [4.69, 9.17) is 5.11 Å². The van der Waals surface area contributed by atoms with E-state index in [9.17, 15) is 4.79 Å². The summed E-state index contributed by atoms with van der Waals surface area (Å²) >= 11 is 0. The Morgan fingerprint density at radius 3 is 2.19 bits per heavy atom. The normalized spacial score (nSPS) is 28.0. The van der Waals surface area contributed by atoms with Crippen LogP contribution in [0, 0.1) is 23.7 Å². The summed E-state index contributed by atoms with van der Waals surface area (Å²) < 4.78 is 0. The molecule has 2 heteroatoms. The number of rotatable bonds is 5. The number of carboxylic acids is 1. The van der Waals surface area contributed by atoms with Crippen molar-refractivity contribution in [1.82, 2.24) is 0 Å². The van der Waals surface area contributed by atoms with E-state index < -0.39 is 5.97 Å². The molecule has 1 aliphatic rings. The maximum absolute atomic E-state index is 10.7. The molecule has 0 spiro atoms. The molecule has 1 saturated carbocycles. The number of hydrogen-bond acceptors (Lipinski definition) is 1. The van der Waals surface area contributed by atoms with Crippen molar-refractivity contribution in [3.05, 3.63) is 0 Å². The van der Waals surface area contributed by atoms with Crippen LogP contribution in [0.15, 0.2) is 0 Å². The lowest BCUT2D eigenvalue weighted by Crippen LogP contribution is -2.19. The second-order valence-electron chi connectivity index (χ2n) is 5.84. The summed E-state index contributed by atoms with van der Waals surface area (Å²) in [6, 6.07) is 0. The lowest BCUT2D eigenvalue weighted by molar-refractivity contribution is -0.141. The Labute approximate surface area is 99.4 Å². The molecule has 1 unspecified atom stereocenters. The fourth-order valence-electron chi connectivity index (χ4n) is 2.75. The zero-order valence-corrected chi connectivity index (χ0v) is 10.9. The van der Waals surface area contributed by atoms with Crippen LogP contribution in [0.25, 0.3) is 0 Å². The number of carbonyl (C=O) groups is 1. The molecule has 94 valence electrons. The second-order valence-corrected chi connectivity index (χ2v) is 5.84. The topological polar surface area (TPSA) is 37.3 Å². The van der Waals surface area contributed by atoms with Crippen LogP contribution >= 0.6 is 0 Å². The molecule has 1 N–H and O–H groups in total. The molecule has 0 aliphatic heterocycles. The monoisotopic (exact) mass is 226 g/mol. The minimum atomic E-state index is -0.643. The Kier molecular flexibility index (Phi) is 5.30. The molecule has 2 nitrogen and oxygen atoms in total. The Morgan fingerprint density at radius 1 is 1.19 bits per heavy atom. The van der Waals surface area contributed by atoms with E-state index in [0.29, 0.717) is 0 Å². The molecular formula is C14H26O2. The maximum Gasteiger partial charge on any atom is 0.306 e. The number of hydrogen-bond donors (Lipinski definition) is 1. The summed E-state index contributed by atoms with van der Waals surface area (Å²) in [5.74, 6) is 1.71. The zero-order valence-electron chi connectivity index (χ0n) is 10.9. The van der Waals surface area contributed by atoms with Gasteiger partial charge in [0.05, 0.1) is 5.92 Å². The summed E-state index contributed by atoms with van der Waals surface area (Å²) in [6.07, 6.45) is 7.29. The third-order valence-corrected chi connectivity index (χ3v) is 4.26. The maximum atomic E-state index is 10.7. The molecule has 0 aromatic carbocycles. The molecule has 0 aromatic rings. The summed E-state index contributed by atoms with van der Waals surface area (Å²) in [5.41, 5.74) is 0. The van der Waals surface area contributed by atoms with Crippen LogP contribution in [0.3, 0.4) is 0 Å². The Bertz CT molecular complexity index is 215. The second kappa shape index (κ2) is 6.27. The fraction of sp³-hybridized carbons (Fsp3) is 0.929. The minimum Gasteiger partial charge on any atom is -0.481 e. The van der Waals surface area contributed by atoms with Gasteiger partial charge in [0.15, 0.2) is 0 Å². The Morgan fingerprint density at radius 2 is 1.75 bits per heavy atom. The smallest absolute Gasteiger partial charge is 0.306 e. The van der Waals surface area contributed by atoms with Gasteiger partial charge >= 0.3 is 5.97 Å². The van der Waals surface area contributed by atoms with Crippen molar-refractivity contribution in [3.63, 3.8) is 0 Å². The first-order chi connectivity index (χ1) is 7.50. The Balaban J connectivity index is 2.20. The lowest BCUT2D eigenvalue weighted by atomic mass is 9.75. The molecule has 1 rings (SSSR count). The summed E-state index contributed by atoms with van der Waals surface area (Å²) in [5, 5.41) is 8.83. The zero-order chi connectivity index (χ0) is 12.1. The van der Waals surface area contributed by atoms with E-state index >= 15 is 0 Å². The third kappa shape index (κ3) is 4.15. The number of aliphatic carboxylic acids is 1. The molecule has 0 aromatic heterocycles. The van der Waals surface area contributed by atoms with Gasteiger partial charge < -0.3 is 5.11 Å². The summed E-state index contributed by atoms with van der Waals surface area (Å²) in [7, 11) is 0. The first-order valence-electron chi connectivity index (χ1n) is 6.73. The summed E-state index contributed by atoms with van der Waals surface area (Å²) in [6.45, 7) is 6.46. The van der Waals surface area contributed by atoms with Crippen LogP contribution in [0.5, 0.6) is 0 Å². The van der Waals surface area contributed by atoms with Crippen molar-refractivity contribution in [1.29, 1.82) is 0 Å². The third-order valence-electron chi connectivity index (χ3n) is 4.26. The summed E-state index contributed by atoms with van der Waals surface area (Å²) in [4.78, 5) is 10.7. The molecule has 0 heterocycles. The van der Waals surface area contributed by atoms with Gasteiger partial charge in [0, 0.05) is 0 Å². The number of carboxylic acid groups (broad SMARTS) is 1. The van der Waals surface area contributed by atoms with Crippen molar-refractivity contribution in [2.45, 2.75) is 59.3 Å². The lowest BCUT2D eigenvalue weighted by Gasteiger charge is -2.31. The molecule has 1 atom stereocenters. The fourth-order valence-corrected chi connectivity index (χ4v) is 2.75. The largest absolute Gasteiger partial charge is 0.481 e. The highest BCUT2D eigenvalue weighted by atomic mass is 16.4. The van der Waals surface area contributed by atoms with Crippen molar-refractivity contribution >= 4 is 5.97 Å². The van der Waals surface area contributed by atoms with Crippen LogP contribution in [0.1, 0.15) is 59.3 Å². The predicted molar refractivity (Wildman–Crippen MR) is 66.3 cm³/mol. The van der Waals surface area contributed by atoms with Gasteiger partial charge in [0.25, 0.3) is 0 Å². The van der Waals surface area contributed by atoms with Gasteiger partial charge in [-0.3, -0.25) is 4.79 Å². The molecule has 16 heavy (non-hydrogen) atoms. The van der Waals surface area contributed by atoms with Gasteiger partial charge in [-0.25, -0.2) is 0 Å². The van der Waals surface area contributed by atoms with Crippen LogP contribution in [0.2, 0.25) is 0 Å². The highest BCUT2D eigenvalue weighted by Gasteiger charge is 2.23. The van der Waals surface area contributed by atoms with E-state index in [2.05, 4.69) is 13.8 Å².